The van der Waals surface area contributed by atoms with Crippen LogP contribution in [0.4, 0.5) is 4.79 Å². The lowest BCUT2D eigenvalue weighted by atomic mass is 10.0. The van der Waals surface area contributed by atoms with Crippen molar-refractivity contribution >= 4 is 17.9 Å². The summed E-state index contributed by atoms with van der Waals surface area (Å²) in [5, 5.41) is 2.65. The van der Waals surface area contributed by atoms with Gasteiger partial charge in [-0.3, -0.25) is 14.5 Å². The molecule has 2 rings (SSSR count). The molecule has 7 heteroatoms. The lowest BCUT2D eigenvalue weighted by Crippen LogP contribution is -2.54. The first-order valence-corrected chi connectivity index (χ1v) is 8.47. The second-order valence-corrected chi connectivity index (χ2v) is 6.52. The van der Waals surface area contributed by atoms with Gasteiger partial charge in [-0.05, 0) is 24.3 Å². The normalized spacial score (nSPS) is 18.0. The highest BCUT2D eigenvalue weighted by atomic mass is 16.6. The third kappa shape index (κ3) is 4.95. The fourth-order valence-electron chi connectivity index (χ4n) is 2.88. The van der Waals surface area contributed by atoms with Gasteiger partial charge < -0.3 is 15.8 Å². The number of primary amides is 1. The molecule has 3 N–H and O–H groups in total. The molecular formula is C18H25N3O4. The minimum absolute atomic E-state index is 0.124. The molecule has 0 spiro atoms. The van der Waals surface area contributed by atoms with E-state index in [0.717, 1.165) is 5.56 Å². The first-order valence-electron chi connectivity index (χ1n) is 8.47. The van der Waals surface area contributed by atoms with Gasteiger partial charge in [0, 0.05) is 6.54 Å². The van der Waals surface area contributed by atoms with Crippen LogP contribution in [0.25, 0.3) is 0 Å². The third-order valence-electron chi connectivity index (χ3n) is 4.27. The Bertz CT molecular complexity index is 618. The highest BCUT2D eigenvalue weighted by molar-refractivity contribution is 5.91. The molecule has 0 bridgehead atoms. The summed E-state index contributed by atoms with van der Waals surface area (Å²) >= 11 is 0. The summed E-state index contributed by atoms with van der Waals surface area (Å²) in [7, 11) is 0. The number of nitrogens with one attached hydrogen (secondary N) is 1. The number of hydrogen-bond donors (Lipinski definition) is 2. The van der Waals surface area contributed by atoms with Gasteiger partial charge in [0.2, 0.25) is 11.8 Å². The molecule has 0 aromatic heterocycles. The molecule has 1 aliphatic heterocycles. The van der Waals surface area contributed by atoms with Gasteiger partial charge in [0.05, 0.1) is 0 Å². The van der Waals surface area contributed by atoms with Gasteiger partial charge in [-0.25, -0.2) is 4.79 Å². The second kappa shape index (κ2) is 8.50. The van der Waals surface area contributed by atoms with E-state index in [9.17, 15) is 14.4 Å². The van der Waals surface area contributed by atoms with Gasteiger partial charge in [-0.15, -0.1) is 0 Å². The molecule has 7 nitrogen and oxygen atoms in total. The number of rotatable bonds is 6. The Morgan fingerprint density at radius 1 is 1.28 bits per heavy atom. The van der Waals surface area contributed by atoms with Gasteiger partial charge in [0.25, 0.3) is 0 Å². The van der Waals surface area contributed by atoms with E-state index in [4.69, 9.17) is 10.5 Å². The van der Waals surface area contributed by atoms with Crippen molar-refractivity contribution in [1.82, 2.24) is 10.2 Å². The molecule has 1 heterocycles. The number of likely N-dealkylation sites (tertiary alicyclic amines) is 1. The monoisotopic (exact) mass is 347 g/mol. The van der Waals surface area contributed by atoms with Gasteiger partial charge in [-0.1, -0.05) is 44.2 Å². The SMILES string of the molecule is CC(C)[C@H](NC(=O)[C@@H]1CCCN1C(=O)OCc1ccccc1)C(N)=O. The zero-order valence-electron chi connectivity index (χ0n) is 14.6. The summed E-state index contributed by atoms with van der Waals surface area (Å²) in [6.45, 7) is 4.21. The summed E-state index contributed by atoms with van der Waals surface area (Å²) in [5.41, 5.74) is 6.21. The lowest BCUT2D eigenvalue weighted by Gasteiger charge is -2.26. The molecule has 0 saturated carbocycles. The largest absolute Gasteiger partial charge is 0.445 e. The summed E-state index contributed by atoms with van der Waals surface area (Å²) in [6, 6.07) is 7.95. The number of carbonyl (C=O) groups excluding carboxylic acids is 3. The molecule has 1 fully saturated rings. The predicted octanol–water partition coefficient (Wildman–Crippen LogP) is 1.41. The molecule has 3 amide bonds. The highest BCUT2D eigenvalue weighted by Crippen LogP contribution is 2.19. The van der Waals surface area contributed by atoms with Gasteiger partial charge in [0.15, 0.2) is 0 Å². The van der Waals surface area contributed by atoms with Crippen LogP contribution in [0.1, 0.15) is 32.3 Å². The molecule has 136 valence electrons. The van der Waals surface area contributed by atoms with Crippen LogP contribution < -0.4 is 11.1 Å². The number of carbonyl (C=O) groups is 3. The molecule has 1 aromatic carbocycles. The second-order valence-electron chi connectivity index (χ2n) is 6.52. The first kappa shape index (κ1) is 18.8. The molecule has 1 aromatic rings. The average Bonchev–Trinajstić information content (AvgIpc) is 3.07. The maximum atomic E-state index is 12.5. The fourth-order valence-corrected chi connectivity index (χ4v) is 2.88. The van der Waals surface area contributed by atoms with Crippen molar-refractivity contribution in [2.45, 2.75) is 45.4 Å². The van der Waals surface area contributed by atoms with Crippen molar-refractivity contribution in [1.29, 1.82) is 0 Å². The molecule has 2 atom stereocenters. The minimum Gasteiger partial charge on any atom is -0.445 e. The van der Waals surface area contributed by atoms with E-state index in [2.05, 4.69) is 5.32 Å². The van der Waals surface area contributed by atoms with Crippen molar-refractivity contribution in [3.05, 3.63) is 35.9 Å². The van der Waals surface area contributed by atoms with E-state index in [1.807, 2.05) is 30.3 Å². The van der Waals surface area contributed by atoms with E-state index in [1.54, 1.807) is 13.8 Å². The van der Waals surface area contributed by atoms with E-state index in [1.165, 1.54) is 4.90 Å². The third-order valence-corrected chi connectivity index (χ3v) is 4.27. The van der Waals surface area contributed by atoms with Crippen molar-refractivity contribution in [2.75, 3.05) is 6.54 Å². The smallest absolute Gasteiger partial charge is 0.410 e. The Hall–Kier alpha value is -2.57. The molecule has 0 aliphatic carbocycles. The Labute approximate surface area is 147 Å². The van der Waals surface area contributed by atoms with Gasteiger partial charge in [-0.2, -0.15) is 0 Å². The lowest BCUT2D eigenvalue weighted by molar-refractivity contribution is -0.130. The highest BCUT2D eigenvalue weighted by Gasteiger charge is 2.36. The predicted molar refractivity (Wildman–Crippen MR) is 92.3 cm³/mol. The van der Waals surface area contributed by atoms with Crippen LogP contribution in [0.2, 0.25) is 0 Å². The Kier molecular flexibility index (Phi) is 6.38. The van der Waals surface area contributed by atoms with Crippen molar-refractivity contribution in [3.8, 4) is 0 Å². The number of amides is 3. The van der Waals surface area contributed by atoms with E-state index < -0.39 is 24.1 Å². The number of nitrogens with two attached hydrogens (primary N) is 1. The molecule has 25 heavy (non-hydrogen) atoms. The number of benzene rings is 1. The maximum Gasteiger partial charge on any atom is 0.410 e. The Morgan fingerprint density at radius 2 is 1.96 bits per heavy atom. The number of nitrogens with zero attached hydrogens (tertiary/aromatic N) is 1. The van der Waals surface area contributed by atoms with Crippen LogP contribution >= 0.6 is 0 Å². The first-order chi connectivity index (χ1) is 11.9. The number of ether oxygens (including phenoxy) is 1. The van der Waals surface area contributed by atoms with Crippen molar-refractivity contribution in [2.24, 2.45) is 11.7 Å². The Balaban J connectivity index is 1.95. The van der Waals surface area contributed by atoms with Crippen LogP contribution in [0.3, 0.4) is 0 Å². The van der Waals surface area contributed by atoms with E-state index >= 15 is 0 Å². The molecule has 1 aliphatic rings. The maximum absolute atomic E-state index is 12.5. The average molecular weight is 347 g/mol. The van der Waals surface area contributed by atoms with Gasteiger partial charge in [0.1, 0.15) is 18.7 Å². The summed E-state index contributed by atoms with van der Waals surface area (Å²) < 4.78 is 5.31. The molecule has 0 radical (unpaired) electrons. The molecular weight excluding hydrogens is 322 g/mol. The Morgan fingerprint density at radius 3 is 2.56 bits per heavy atom. The van der Waals surface area contributed by atoms with Crippen LogP contribution in [-0.2, 0) is 20.9 Å². The van der Waals surface area contributed by atoms with Crippen LogP contribution in [0.15, 0.2) is 30.3 Å². The zero-order chi connectivity index (χ0) is 18.4. The quantitative estimate of drug-likeness (QED) is 0.812. The summed E-state index contributed by atoms with van der Waals surface area (Å²) in [6.07, 6.45) is 0.721. The van der Waals surface area contributed by atoms with Crippen LogP contribution in [0.5, 0.6) is 0 Å². The van der Waals surface area contributed by atoms with E-state index in [-0.39, 0.29) is 18.4 Å². The van der Waals surface area contributed by atoms with Gasteiger partial charge >= 0.3 is 6.09 Å². The molecule has 0 unspecified atom stereocenters. The fraction of sp³-hybridized carbons (Fsp3) is 0.500. The van der Waals surface area contributed by atoms with E-state index in [0.29, 0.717) is 19.4 Å². The number of hydrogen-bond acceptors (Lipinski definition) is 4. The zero-order valence-corrected chi connectivity index (χ0v) is 14.6. The van der Waals surface area contributed by atoms with Crippen molar-refractivity contribution < 1.29 is 19.1 Å². The standard InChI is InChI=1S/C18H25N3O4/c1-12(2)15(16(19)22)20-17(23)14-9-6-10-21(14)18(24)25-11-13-7-4-3-5-8-13/h3-5,7-8,12,14-15H,6,9-11H2,1-2H3,(H2,19,22)(H,20,23)/t14-,15-/m0/s1. The molecule has 1 saturated heterocycles. The topological polar surface area (TPSA) is 102 Å². The summed E-state index contributed by atoms with van der Waals surface area (Å²) in [4.78, 5) is 37.7. The minimum atomic E-state index is -0.754. The van der Waals surface area contributed by atoms with Crippen LogP contribution in [-0.4, -0.2) is 41.4 Å². The van der Waals surface area contributed by atoms with Crippen molar-refractivity contribution in [3.63, 3.8) is 0 Å². The summed E-state index contributed by atoms with van der Waals surface area (Å²) in [5.74, 6) is -1.08. The van der Waals surface area contributed by atoms with Crippen LogP contribution in [0, 0.1) is 5.92 Å².